The van der Waals surface area contributed by atoms with Gasteiger partial charge in [0.05, 0.1) is 13.2 Å². The van der Waals surface area contributed by atoms with Crippen LogP contribution in [0.2, 0.25) is 0 Å². The molecule has 1 N–H and O–H groups in total. The van der Waals surface area contributed by atoms with E-state index in [1.807, 2.05) is 50.3 Å². The second kappa shape index (κ2) is 6.59. The zero-order valence-electron chi connectivity index (χ0n) is 12.9. The molecular formula is C17H21FN2O. The fourth-order valence-corrected chi connectivity index (χ4v) is 2.37. The Labute approximate surface area is 125 Å². The summed E-state index contributed by atoms with van der Waals surface area (Å²) >= 11 is 0. The Morgan fingerprint density at radius 3 is 2.38 bits per heavy atom. The van der Waals surface area contributed by atoms with E-state index in [1.54, 1.807) is 6.07 Å². The number of hydrogen-bond donors (Lipinski definition) is 1. The van der Waals surface area contributed by atoms with Gasteiger partial charge in [-0.05, 0) is 42.4 Å². The molecular weight excluding hydrogens is 267 g/mol. The molecule has 0 saturated carbocycles. The molecule has 0 radical (unpaired) electrons. The summed E-state index contributed by atoms with van der Waals surface area (Å²) < 4.78 is 18.9. The second-order valence-corrected chi connectivity index (χ2v) is 5.11. The molecule has 2 aromatic carbocycles. The third-order valence-electron chi connectivity index (χ3n) is 3.52. The molecule has 2 rings (SSSR count). The maximum absolute atomic E-state index is 13.9. The van der Waals surface area contributed by atoms with Gasteiger partial charge < -0.3 is 15.0 Å². The molecule has 4 heteroatoms. The third kappa shape index (κ3) is 3.34. The zero-order chi connectivity index (χ0) is 15.4. The molecule has 0 aliphatic heterocycles. The topological polar surface area (TPSA) is 24.5 Å². The summed E-state index contributed by atoms with van der Waals surface area (Å²) in [5.74, 6) is -0.0883. The van der Waals surface area contributed by atoms with E-state index in [0.29, 0.717) is 0 Å². The van der Waals surface area contributed by atoms with Gasteiger partial charge in [-0.2, -0.15) is 0 Å². The molecule has 21 heavy (non-hydrogen) atoms. The van der Waals surface area contributed by atoms with E-state index in [9.17, 15) is 4.39 Å². The van der Waals surface area contributed by atoms with Crippen molar-refractivity contribution in [2.75, 3.05) is 33.2 Å². The van der Waals surface area contributed by atoms with Crippen LogP contribution < -0.4 is 15.0 Å². The first-order chi connectivity index (χ1) is 10.1. The molecule has 0 aromatic heterocycles. The van der Waals surface area contributed by atoms with E-state index < -0.39 is 0 Å². The van der Waals surface area contributed by atoms with Crippen LogP contribution in [0.25, 0.3) is 0 Å². The smallest absolute Gasteiger partial charge is 0.165 e. The molecule has 0 aliphatic rings. The summed E-state index contributed by atoms with van der Waals surface area (Å²) in [4.78, 5) is 2.05. The van der Waals surface area contributed by atoms with Gasteiger partial charge in [0, 0.05) is 19.8 Å². The van der Waals surface area contributed by atoms with Crippen molar-refractivity contribution in [3.63, 3.8) is 0 Å². The average Bonchev–Trinajstić information content (AvgIpc) is 2.48. The van der Waals surface area contributed by atoms with Gasteiger partial charge in [-0.15, -0.1) is 0 Å². The number of methoxy groups -OCH3 is 1. The van der Waals surface area contributed by atoms with Crippen LogP contribution in [0.4, 0.5) is 10.1 Å². The number of halogens is 1. The fraction of sp³-hybridized carbons (Fsp3) is 0.294. The van der Waals surface area contributed by atoms with E-state index in [0.717, 1.165) is 16.8 Å². The van der Waals surface area contributed by atoms with Gasteiger partial charge in [-0.3, -0.25) is 0 Å². The van der Waals surface area contributed by atoms with Crippen molar-refractivity contribution in [3.05, 3.63) is 59.4 Å². The number of rotatable bonds is 5. The monoisotopic (exact) mass is 288 g/mol. The molecule has 1 atom stereocenters. The molecule has 0 amide bonds. The Balaban J connectivity index is 2.39. The van der Waals surface area contributed by atoms with Crippen molar-refractivity contribution in [1.29, 1.82) is 0 Å². The lowest BCUT2D eigenvalue weighted by atomic mass is 9.98. The molecule has 0 fully saturated rings. The van der Waals surface area contributed by atoms with Crippen LogP contribution in [0.15, 0.2) is 42.5 Å². The van der Waals surface area contributed by atoms with Gasteiger partial charge in [0.25, 0.3) is 0 Å². The van der Waals surface area contributed by atoms with E-state index in [2.05, 4.69) is 11.4 Å². The molecule has 0 saturated heterocycles. The Bertz CT molecular complexity index is 613. The first-order valence-electron chi connectivity index (χ1n) is 6.84. The van der Waals surface area contributed by atoms with Crippen LogP contribution in [0.5, 0.6) is 5.75 Å². The van der Waals surface area contributed by atoms with Crippen LogP contribution in [0.1, 0.15) is 17.2 Å². The molecule has 0 heterocycles. The van der Waals surface area contributed by atoms with Gasteiger partial charge in [0.2, 0.25) is 0 Å². The molecule has 2 aromatic rings. The maximum Gasteiger partial charge on any atom is 0.165 e. The molecule has 0 spiro atoms. The van der Waals surface area contributed by atoms with Crippen molar-refractivity contribution < 1.29 is 9.13 Å². The van der Waals surface area contributed by atoms with Crippen molar-refractivity contribution >= 4 is 5.69 Å². The van der Waals surface area contributed by atoms with Crippen LogP contribution in [-0.4, -0.2) is 28.3 Å². The number of anilines is 1. The van der Waals surface area contributed by atoms with Gasteiger partial charge in [0.15, 0.2) is 11.6 Å². The Morgan fingerprint density at radius 1 is 1.10 bits per heavy atom. The largest absolute Gasteiger partial charge is 0.494 e. The molecule has 1 unspecified atom stereocenters. The lowest BCUT2D eigenvalue weighted by Crippen LogP contribution is -2.18. The van der Waals surface area contributed by atoms with Gasteiger partial charge in [-0.25, -0.2) is 4.39 Å². The fourth-order valence-electron chi connectivity index (χ4n) is 2.37. The second-order valence-electron chi connectivity index (χ2n) is 5.11. The van der Waals surface area contributed by atoms with Gasteiger partial charge in [0.1, 0.15) is 0 Å². The van der Waals surface area contributed by atoms with Crippen molar-refractivity contribution in [3.8, 4) is 5.75 Å². The van der Waals surface area contributed by atoms with Crippen LogP contribution in [0, 0.1) is 5.82 Å². The van der Waals surface area contributed by atoms with Crippen molar-refractivity contribution in [2.24, 2.45) is 0 Å². The lowest BCUT2D eigenvalue weighted by Gasteiger charge is -2.20. The Hall–Kier alpha value is -2.07. The average molecular weight is 288 g/mol. The summed E-state index contributed by atoms with van der Waals surface area (Å²) in [6.45, 7) is 0. The molecule has 3 nitrogen and oxygen atoms in total. The normalized spacial score (nSPS) is 12.0. The van der Waals surface area contributed by atoms with Gasteiger partial charge in [-0.1, -0.05) is 18.2 Å². The third-order valence-corrected chi connectivity index (χ3v) is 3.52. The number of nitrogens with zero attached hydrogens (tertiary/aromatic N) is 1. The predicted molar refractivity (Wildman–Crippen MR) is 84.6 cm³/mol. The minimum Gasteiger partial charge on any atom is -0.494 e. The summed E-state index contributed by atoms with van der Waals surface area (Å²) in [5.41, 5.74) is 3.07. The van der Waals surface area contributed by atoms with E-state index in [-0.39, 0.29) is 17.6 Å². The minimum absolute atomic E-state index is 0.0645. The van der Waals surface area contributed by atoms with Crippen LogP contribution >= 0.6 is 0 Å². The Kier molecular flexibility index (Phi) is 4.81. The SMILES string of the molecule is CNC(c1cccc(N(C)C)c1)c1ccc(OC)c(F)c1. The first kappa shape index (κ1) is 15.3. The summed E-state index contributed by atoms with van der Waals surface area (Å²) in [6, 6.07) is 13.2. The number of nitrogens with one attached hydrogen (secondary N) is 1. The highest BCUT2D eigenvalue weighted by molar-refractivity contribution is 5.49. The minimum atomic E-state index is -0.348. The number of ether oxygens (including phenoxy) is 1. The number of benzene rings is 2. The number of hydrogen-bond acceptors (Lipinski definition) is 3. The lowest BCUT2D eigenvalue weighted by molar-refractivity contribution is 0.386. The highest BCUT2D eigenvalue weighted by atomic mass is 19.1. The van der Waals surface area contributed by atoms with Crippen LogP contribution in [-0.2, 0) is 0 Å². The summed E-state index contributed by atoms with van der Waals surface area (Å²) in [5, 5.41) is 3.24. The van der Waals surface area contributed by atoms with Crippen molar-refractivity contribution in [1.82, 2.24) is 5.32 Å². The quantitative estimate of drug-likeness (QED) is 0.914. The van der Waals surface area contributed by atoms with Crippen molar-refractivity contribution in [2.45, 2.75) is 6.04 Å². The maximum atomic E-state index is 13.9. The molecule has 0 aliphatic carbocycles. The first-order valence-corrected chi connectivity index (χ1v) is 6.84. The summed E-state index contributed by atoms with van der Waals surface area (Å²) in [6.07, 6.45) is 0. The highest BCUT2D eigenvalue weighted by Crippen LogP contribution is 2.28. The van der Waals surface area contributed by atoms with Gasteiger partial charge >= 0.3 is 0 Å². The standard InChI is InChI=1S/C17H21FN2O/c1-19-17(12-6-5-7-14(10-12)20(2)3)13-8-9-16(21-4)15(18)11-13/h5-11,17,19H,1-4H3. The zero-order valence-corrected chi connectivity index (χ0v) is 12.9. The molecule has 0 bridgehead atoms. The highest BCUT2D eigenvalue weighted by Gasteiger charge is 2.15. The van der Waals surface area contributed by atoms with E-state index in [1.165, 1.54) is 13.2 Å². The molecule has 112 valence electrons. The predicted octanol–water partition coefficient (Wildman–Crippen LogP) is 3.21. The van der Waals surface area contributed by atoms with E-state index in [4.69, 9.17) is 4.74 Å². The summed E-state index contributed by atoms with van der Waals surface area (Å²) in [7, 11) is 7.34. The van der Waals surface area contributed by atoms with E-state index >= 15 is 0 Å². The van der Waals surface area contributed by atoms with Crippen LogP contribution in [0.3, 0.4) is 0 Å². The Morgan fingerprint density at radius 2 is 1.81 bits per heavy atom.